The molecule has 0 aliphatic heterocycles. The molecular weight excluding hydrogens is 505 g/mol. The number of hydrogen-bond donors (Lipinski definition) is 2. The molecule has 9 aromatic rings. The summed E-state index contributed by atoms with van der Waals surface area (Å²) < 4.78 is 8.76. The summed E-state index contributed by atoms with van der Waals surface area (Å²) in [6.45, 7) is 0. The fourth-order valence-corrected chi connectivity index (χ4v) is 6.83. The lowest BCUT2D eigenvalue weighted by Crippen LogP contribution is -2.29. The molecule has 0 fully saturated rings. The molecule has 2 heterocycles. The molecule has 0 spiro atoms. The first-order chi connectivity index (χ1) is 20.2. The van der Waals surface area contributed by atoms with Gasteiger partial charge < -0.3 is 19.0 Å². The molecule has 9 rings (SSSR count). The van der Waals surface area contributed by atoms with Crippen LogP contribution in [-0.2, 0) is 0 Å². The number of para-hydroxylation sites is 3. The van der Waals surface area contributed by atoms with E-state index in [0.717, 1.165) is 27.5 Å². The Kier molecular flexibility index (Phi) is 4.54. The lowest BCUT2D eigenvalue weighted by atomic mass is 9.79. The maximum absolute atomic E-state index is 10.0. The van der Waals surface area contributed by atoms with Gasteiger partial charge in [0.1, 0.15) is 5.58 Å². The van der Waals surface area contributed by atoms with Crippen LogP contribution in [-0.4, -0.2) is 21.7 Å². The van der Waals surface area contributed by atoms with Crippen LogP contribution in [0.1, 0.15) is 0 Å². The van der Waals surface area contributed by atoms with Crippen molar-refractivity contribution < 1.29 is 14.5 Å². The molecule has 4 nitrogen and oxygen atoms in total. The summed E-state index contributed by atoms with van der Waals surface area (Å²) >= 11 is 0. The lowest BCUT2D eigenvalue weighted by molar-refractivity contribution is 0.425. The largest absolute Gasteiger partial charge is 0.492 e. The Morgan fingerprint density at radius 1 is 0.439 bits per heavy atom. The number of benzene rings is 7. The fourth-order valence-electron chi connectivity index (χ4n) is 6.83. The van der Waals surface area contributed by atoms with Crippen molar-refractivity contribution in [3.63, 3.8) is 0 Å². The molecule has 0 aliphatic rings. The van der Waals surface area contributed by atoms with Gasteiger partial charge in [-0.25, -0.2) is 0 Å². The van der Waals surface area contributed by atoms with Gasteiger partial charge in [0.2, 0.25) is 0 Å². The first-order valence-corrected chi connectivity index (χ1v) is 13.8. The van der Waals surface area contributed by atoms with Crippen molar-refractivity contribution in [2.75, 3.05) is 0 Å². The highest BCUT2D eigenvalue weighted by molar-refractivity contribution is 6.61. The quantitative estimate of drug-likeness (QED) is 0.178. The number of hydrogen-bond acceptors (Lipinski definition) is 3. The third-order valence-corrected chi connectivity index (χ3v) is 8.59. The predicted octanol–water partition coefficient (Wildman–Crippen LogP) is 7.82. The normalized spacial score (nSPS) is 12.1. The Morgan fingerprint density at radius 2 is 0.976 bits per heavy atom. The lowest BCUT2D eigenvalue weighted by Gasteiger charge is -2.12. The minimum absolute atomic E-state index is 0.358. The monoisotopic (exact) mass is 527 g/mol. The van der Waals surface area contributed by atoms with Crippen molar-refractivity contribution in [1.29, 1.82) is 0 Å². The summed E-state index contributed by atoms with van der Waals surface area (Å²) in [5, 5.41) is 31.6. The summed E-state index contributed by atoms with van der Waals surface area (Å²) in [6.07, 6.45) is 0. The second-order valence-electron chi connectivity index (χ2n) is 10.7. The van der Waals surface area contributed by atoms with E-state index in [1.165, 1.54) is 43.1 Å². The second-order valence-corrected chi connectivity index (χ2v) is 10.7. The molecule has 41 heavy (non-hydrogen) atoms. The minimum Gasteiger partial charge on any atom is -0.454 e. The van der Waals surface area contributed by atoms with Gasteiger partial charge in [-0.1, -0.05) is 97.1 Å². The number of fused-ring (bicyclic) bond motifs is 12. The maximum Gasteiger partial charge on any atom is 0.492 e. The van der Waals surface area contributed by atoms with Gasteiger partial charge in [0.15, 0.2) is 5.58 Å². The number of aromatic nitrogens is 1. The third-order valence-electron chi connectivity index (χ3n) is 8.59. The van der Waals surface area contributed by atoms with Crippen molar-refractivity contribution >= 4 is 88.6 Å². The van der Waals surface area contributed by atoms with E-state index in [4.69, 9.17) is 4.42 Å². The minimum atomic E-state index is -1.62. The van der Waals surface area contributed by atoms with E-state index in [9.17, 15) is 10.0 Å². The van der Waals surface area contributed by atoms with E-state index in [-0.39, 0.29) is 0 Å². The van der Waals surface area contributed by atoms with Crippen LogP contribution in [0, 0.1) is 0 Å². The van der Waals surface area contributed by atoms with Crippen molar-refractivity contribution in [1.82, 2.24) is 4.57 Å². The van der Waals surface area contributed by atoms with Gasteiger partial charge >= 0.3 is 7.12 Å². The van der Waals surface area contributed by atoms with Crippen LogP contribution < -0.4 is 5.46 Å². The molecule has 0 unspecified atom stereocenters. The summed E-state index contributed by atoms with van der Waals surface area (Å²) in [5.41, 5.74) is 4.65. The van der Waals surface area contributed by atoms with Crippen LogP contribution >= 0.6 is 0 Å². The van der Waals surface area contributed by atoms with E-state index in [0.29, 0.717) is 16.6 Å². The van der Waals surface area contributed by atoms with E-state index in [1.807, 2.05) is 24.3 Å². The van der Waals surface area contributed by atoms with Gasteiger partial charge in [0, 0.05) is 27.0 Å². The highest BCUT2D eigenvalue weighted by Crippen LogP contribution is 2.42. The third kappa shape index (κ3) is 3.02. The van der Waals surface area contributed by atoms with Crippen LogP contribution in [0.25, 0.3) is 81.7 Å². The van der Waals surface area contributed by atoms with E-state index in [2.05, 4.69) is 95.6 Å². The van der Waals surface area contributed by atoms with Gasteiger partial charge in [-0.15, -0.1) is 0 Å². The smallest absolute Gasteiger partial charge is 0.454 e. The van der Waals surface area contributed by atoms with Crippen LogP contribution in [0.2, 0.25) is 0 Å². The Balaban J connectivity index is 1.48. The predicted molar refractivity (Wildman–Crippen MR) is 170 cm³/mol. The highest BCUT2D eigenvalue weighted by Gasteiger charge is 2.22. The summed E-state index contributed by atoms with van der Waals surface area (Å²) in [4.78, 5) is 0. The molecule has 0 atom stereocenters. The van der Waals surface area contributed by atoms with Crippen LogP contribution in [0.15, 0.2) is 126 Å². The summed E-state index contributed by atoms with van der Waals surface area (Å²) in [6, 6.07) is 42.1. The first-order valence-electron chi connectivity index (χ1n) is 13.8. The van der Waals surface area contributed by atoms with Gasteiger partial charge in [0.05, 0.1) is 16.7 Å². The molecule has 0 radical (unpaired) electrons. The van der Waals surface area contributed by atoms with Crippen LogP contribution in [0.5, 0.6) is 0 Å². The summed E-state index contributed by atoms with van der Waals surface area (Å²) in [5.74, 6) is 0. The topological polar surface area (TPSA) is 58.5 Å². The maximum atomic E-state index is 10.0. The Bertz CT molecular complexity index is 2520. The Hall–Kier alpha value is -5.10. The molecule has 0 saturated carbocycles. The summed E-state index contributed by atoms with van der Waals surface area (Å²) in [7, 11) is -1.62. The van der Waals surface area contributed by atoms with Crippen LogP contribution in [0.3, 0.4) is 0 Å². The van der Waals surface area contributed by atoms with Crippen LogP contribution in [0.4, 0.5) is 0 Å². The van der Waals surface area contributed by atoms with E-state index in [1.54, 1.807) is 6.07 Å². The van der Waals surface area contributed by atoms with Crippen molar-refractivity contribution in [3.8, 4) is 5.69 Å². The molecule has 0 amide bonds. The van der Waals surface area contributed by atoms with E-state index < -0.39 is 7.12 Å². The van der Waals surface area contributed by atoms with Gasteiger partial charge in [0.25, 0.3) is 0 Å². The number of rotatable bonds is 2. The van der Waals surface area contributed by atoms with Crippen molar-refractivity contribution in [2.24, 2.45) is 0 Å². The zero-order valence-electron chi connectivity index (χ0n) is 21.9. The van der Waals surface area contributed by atoms with Crippen molar-refractivity contribution in [3.05, 3.63) is 121 Å². The van der Waals surface area contributed by atoms with Gasteiger partial charge in [-0.3, -0.25) is 0 Å². The molecule has 2 N–H and O–H groups in total. The van der Waals surface area contributed by atoms with Crippen molar-refractivity contribution in [2.45, 2.75) is 0 Å². The first kappa shape index (κ1) is 22.7. The molecule has 0 bridgehead atoms. The molecule has 7 aromatic carbocycles. The SMILES string of the molecule is OB(O)c1cccc2c1oc1c(-n3c4ccccc4c4cc5c6ccccc6c6ccccc6c5cc43)cccc12. The second kappa shape index (κ2) is 8.21. The number of furan rings is 1. The highest BCUT2D eigenvalue weighted by atomic mass is 16.4. The average molecular weight is 527 g/mol. The fraction of sp³-hybridized carbons (Fsp3) is 0. The molecule has 2 aromatic heterocycles. The Labute approximate surface area is 234 Å². The van der Waals surface area contributed by atoms with Gasteiger partial charge in [-0.2, -0.15) is 0 Å². The molecule has 5 heteroatoms. The molecular formula is C36H22BNO3. The zero-order chi connectivity index (χ0) is 27.2. The van der Waals surface area contributed by atoms with E-state index >= 15 is 0 Å². The Morgan fingerprint density at radius 3 is 1.66 bits per heavy atom. The molecule has 0 aliphatic carbocycles. The number of nitrogens with zero attached hydrogens (tertiary/aromatic N) is 1. The van der Waals surface area contributed by atoms with Gasteiger partial charge in [-0.05, 0) is 56.6 Å². The molecule has 192 valence electrons. The molecule has 0 saturated heterocycles. The zero-order valence-corrected chi connectivity index (χ0v) is 21.9. The average Bonchev–Trinajstić information content (AvgIpc) is 3.56. The standard InChI is InChI=1S/C36H22BNO3/c39-37(40)31-16-7-14-26-27-15-8-18-33(36(27)41-35(26)31)38-32-17-6-5-13-25(32)30-19-28-23-11-3-1-9-21(23)22-10-2-4-12-24(22)29(28)20-34(30)38/h1-20,39-40H.